The van der Waals surface area contributed by atoms with E-state index in [4.69, 9.17) is 22.1 Å². The zero-order chi connectivity index (χ0) is 15.2. The molecular weight excluding hydrogens is 308 g/mol. The second kappa shape index (κ2) is 8.03. The lowest BCUT2D eigenvalue weighted by molar-refractivity contribution is -0.123. The largest absolute Gasteiger partial charge is 0.385 e. The van der Waals surface area contributed by atoms with Crippen LogP contribution in [0.3, 0.4) is 0 Å². The maximum absolute atomic E-state index is 12.2. The van der Waals surface area contributed by atoms with Crippen molar-refractivity contribution in [3.63, 3.8) is 0 Å². The van der Waals surface area contributed by atoms with Gasteiger partial charge in [-0.15, -0.1) is 11.8 Å². The van der Waals surface area contributed by atoms with E-state index in [1.807, 2.05) is 18.2 Å². The Balaban J connectivity index is 1.97. The fraction of sp³-hybridized carbons (Fsp3) is 0.533. The summed E-state index contributed by atoms with van der Waals surface area (Å²) in [5.41, 5.74) is 7.02. The van der Waals surface area contributed by atoms with Crippen LogP contribution in [0.1, 0.15) is 30.9 Å². The van der Waals surface area contributed by atoms with Gasteiger partial charge in [0.2, 0.25) is 5.91 Å². The molecule has 2 atom stereocenters. The smallest absolute Gasteiger partial charge is 0.237 e. The number of rotatable bonds is 6. The van der Waals surface area contributed by atoms with Crippen LogP contribution in [0.4, 0.5) is 0 Å². The molecule has 1 aliphatic heterocycles. The Hall–Kier alpha value is -0.750. The summed E-state index contributed by atoms with van der Waals surface area (Å²) in [6.45, 7) is 0.624. The van der Waals surface area contributed by atoms with Crippen LogP contribution in [0.2, 0.25) is 5.02 Å². The van der Waals surface area contributed by atoms with E-state index in [0.29, 0.717) is 18.1 Å². The zero-order valence-electron chi connectivity index (χ0n) is 12.1. The van der Waals surface area contributed by atoms with Crippen LogP contribution >= 0.6 is 23.4 Å². The molecule has 6 heteroatoms. The first-order valence-electron chi connectivity index (χ1n) is 7.09. The number of nitrogens with one attached hydrogen (secondary N) is 1. The molecule has 3 N–H and O–H groups in total. The molecule has 21 heavy (non-hydrogen) atoms. The van der Waals surface area contributed by atoms with E-state index in [9.17, 15) is 4.79 Å². The number of ether oxygens (including phenoxy) is 1. The predicted octanol–water partition coefficient (Wildman–Crippen LogP) is 2.75. The van der Waals surface area contributed by atoms with Crippen LogP contribution in [-0.2, 0) is 9.53 Å². The quantitative estimate of drug-likeness (QED) is 0.788. The van der Waals surface area contributed by atoms with Gasteiger partial charge in [-0.2, -0.15) is 0 Å². The van der Waals surface area contributed by atoms with Crippen LogP contribution < -0.4 is 11.1 Å². The first kappa shape index (κ1) is 16.6. The van der Waals surface area contributed by atoms with Crippen molar-refractivity contribution in [1.82, 2.24) is 5.32 Å². The number of methoxy groups -OCH3 is 1. The third kappa shape index (κ3) is 4.61. The molecular formula is C15H21ClN2O2S. The monoisotopic (exact) mass is 328 g/mol. The number of carbonyl (C=O) groups excluding carboxylic acids is 1. The number of amides is 1. The third-order valence-corrected chi connectivity index (χ3v) is 4.89. The van der Waals surface area contributed by atoms with Crippen LogP contribution in [0.15, 0.2) is 23.1 Å². The fourth-order valence-electron chi connectivity index (χ4n) is 2.37. The lowest BCUT2D eigenvalue weighted by Crippen LogP contribution is -2.43. The molecule has 0 saturated carbocycles. The highest BCUT2D eigenvalue weighted by molar-refractivity contribution is 7.99. The molecule has 0 aromatic heterocycles. The second-order valence-corrected chi connectivity index (χ2v) is 6.70. The summed E-state index contributed by atoms with van der Waals surface area (Å²) in [4.78, 5) is 13.4. The van der Waals surface area contributed by atoms with Gasteiger partial charge in [0.15, 0.2) is 0 Å². The summed E-state index contributed by atoms with van der Waals surface area (Å²) >= 11 is 7.86. The summed E-state index contributed by atoms with van der Waals surface area (Å²) in [5, 5.41) is 3.75. The number of carbonyl (C=O) groups is 1. The van der Waals surface area contributed by atoms with E-state index in [0.717, 1.165) is 24.2 Å². The number of benzene rings is 1. The number of hydrogen-bond acceptors (Lipinski definition) is 4. The highest BCUT2D eigenvalue weighted by atomic mass is 35.5. The predicted molar refractivity (Wildman–Crippen MR) is 86.8 cm³/mol. The van der Waals surface area contributed by atoms with Crippen molar-refractivity contribution in [2.45, 2.75) is 36.2 Å². The molecule has 4 nitrogen and oxygen atoms in total. The van der Waals surface area contributed by atoms with Gasteiger partial charge in [-0.3, -0.25) is 4.79 Å². The molecule has 2 unspecified atom stereocenters. The highest BCUT2D eigenvalue weighted by Gasteiger charge is 2.24. The Morgan fingerprint density at radius 3 is 3.19 bits per heavy atom. The van der Waals surface area contributed by atoms with Gasteiger partial charge >= 0.3 is 0 Å². The molecule has 1 aromatic carbocycles. The van der Waals surface area contributed by atoms with Crippen LogP contribution in [0, 0.1) is 0 Å². The Kier molecular flexibility index (Phi) is 6.36. The first-order chi connectivity index (χ1) is 10.1. The SMILES string of the molecule is COCCCC(N)C(=O)NC1CCSc2ccc(Cl)cc21. The topological polar surface area (TPSA) is 64.3 Å². The van der Waals surface area contributed by atoms with Gasteiger partial charge in [0.1, 0.15) is 0 Å². The molecule has 0 spiro atoms. The molecule has 0 saturated heterocycles. The summed E-state index contributed by atoms with van der Waals surface area (Å²) in [6.07, 6.45) is 2.31. The Bertz CT molecular complexity index is 499. The van der Waals surface area contributed by atoms with Crippen LogP contribution in [0.25, 0.3) is 0 Å². The van der Waals surface area contributed by atoms with Crippen LogP contribution in [0.5, 0.6) is 0 Å². The van der Waals surface area contributed by atoms with Crippen molar-refractivity contribution < 1.29 is 9.53 Å². The molecule has 0 bridgehead atoms. The standard InChI is InChI=1S/C15H21ClN2O2S/c1-20-7-2-3-12(17)15(19)18-13-6-8-21-14-5-4-10(16)9-11(13)14/h4-5,9,12-13H,2-3,6-8,17H2,1H3,(H,18,19). The molecule has 0 fully saturated rings. The number of fused-ring (bicyclic) bond motifs is 1. The maximum atomic E-state index is 12.2. The average molecular weight is 329 g/mol. The summed E-state index contributed by atoms with van der Waals surface area (Å²) in [6, 6.07) is 5.34. The number of nitrogens with two attached hydrogens (primary N) is 1. The van der Waals surface area contributed by atoms with Gasteiger partial charge in [0, 0.05) is 29.4 Å². The molecule has 0 radical (unpaired) electrons. The minimum Gasteiger partial charge on any atom is -0.385 e. The number of halogens is 1. The van der Waals surface area contributed by atoms with Crippen molar-refractivity contribution in [2.75, 3.05) is 19.5 Å². The van der Waals surface area contributed by atoms with Gasteiger partial charge in [-0.25, -0.2) is 0 Å². The summed E-state index contributed by atoms with van der Waals surface area (Å²) in [7, 11) is 1.64. The summed E-state index contributed by atoms with van der Waals surface area (Å²) in [5.74, 6) is 0.882. The van der Waals surface area contributed by atoms with Gasteiger partial charge in [0.05, 0.1) is 12.1 Å². The highest BCUT2D eigenvalue weighted by Crippen LogP contribution is 2.37. The Morgan fingerprint density at radius 1 is 1.62 bits per heavy atom. The van der Waals surface area contributed by atoms with E-state index in [1.54, 1.807) is 18.9 Å². The van der Waals surface area contributed by atoms with E-state index in [1.165, 1.54) is 4.90 Å². The van der Waals surface area contributed by atoms with Crippen molar-refractivity contribution in [2.24, 2.45) is 5.73 Å². The van der Waals surface area contributed by atoms with Gasteiger partial charge in [-0.05, 0) is 43.0 Å². The molecule has 1 amide bonds. The van der Waals surface area contributed by atoms with Crippen molar-refractivity contribution in [3.05, 3.63) is 28.8 Å². The minimum absolute atomic E-state index is 0.000857. The second-order valence-electron chi connectivity index (χ2n) is 5.12. The molecule has 1 aromatic rings. The molecule has 1 aliphatic rings. The zero-order valence-corrected chi connectivity index (χ0v) is 13.7. The van der Waals surface area contributed by atoms with E-state index in [-0.39, 0.29) is 11.9 Å². The van der Waals surface area contributed by atoms with E-state index < -0.39 is 6.04 Å². The lowest BCUT2D eigenvalue weighted by atomic mass is 10.0. The van der Waals surface area contributed by atoms with Gasteiger partial charge in [-0.1, -0.05) is 11.6 Å². The fourth-order valence-corrected chi connectivity index (χ4v) is 3.66. The van der Waals surface area contributed by atoms with Crippen molar-refractivity contribution >= 4 is 29.3 Å². The summed E-state index contributed by atoms with van der Waals surface area (Å²) < 4.78 is 4.98. The van der Waals surface area contributed by atoms with Crippen molar-refractivity contribution in [1.29, 1.82) is 0 Å². The van der Waals surface area contributed by atoms with E-state index >= 15 is 0 Å². The normalized spacial score (nSPS) is 18.9. The molecule has 116 valence electrons. The minimum atomic E-state index is -0.489. The third-order valence-electron chi connectivity index (χ3n) is 3.53. The Labute approximate surface area is 134 Å². The Morgan fingerprint density at radius 2 is 2.43 bits per heavy atom. The van der Waals surface area contributed by atoms with Crippen LogP contribution in [-0.4, -0.2) is 31.4 Å². The van der Waals surface area contributed by atoms with Crippen molar-refractivity contribution in [3.8, 4) is 0 Å². The molecule has 1 heterocycles. The van der Waals surface area contributed by atoms with Gasteiger partial charge < -0.3 is 15.8 Å². The van der Waals surface area contributed by atoms with E-state index in [2.05, 4.69) is 5.32 Å². The molecule has 0 aliphatic carbocycles. The lowest BCUT2D eigenvalue weighted by Gasteiger charge is -2.27. The maximum Gasteiger partial charge on any atom is 0.237 e. The first-order valence-corrected chi connectivity index (χ1v) is 8.45. The van der Waals surface area contributed by atoms with Gasteiger partial charge in [0.25, 0.3) is 0 Å². The molecule has 2 rings (SSSR count). The number of thioether (sulfide) groups is 1. The average Bonchev–Trinajstić information content (AvgIpc) is 2.48. The number of hydrogen-bond donors (Lipinski definition) is 2.